The molecule has 1 aliphatic rings. The molecule has 0 bridgehead atoms. The van der Waals surface area contributed by atoms with Crippen LogP contribution in [0, 0.1) is 0 Å². The average molecular weight is 388 g/mol. The topological polar surface area (TPSA) is 187 Å². The summed E-state index contributed by atoms with van der Waals surface area (Å²) in [5, 5.41) is 25.0. The molecule has 0 spiro atoms. The molecule has 2 aromatic carbocycles. The molecule has 2 atom stereocenters. The summed E-state index contributed by atoms with van der Waals surface area (Å²) >= 11 is 0. The number of rotatable bonds is 6. The minimum atomic E-state index is -0.860. The molecule has 1 heterocycles. The Labute approximate surface area is 161 Å². The maximum atomic E-state index is 9.80. The second-order valence-electron chi connectivity index (χ2n) is 6.25. The number of benzene rings is 2. The second-order valence-corrected chi connectivity index (χ2v) is 6.25. The lowest BCUT2D eigenvalue weighted by Gasteiger charge is -2.35. The van der Waals surface area contributed by atoms with E-state index in [2.05, 4.69) is 10.6 Å². The van der Waals surface area contributed by atoms with Crippen LogP contribution in [-0.4, -0.2) is 29.0 Å². The fourth-order valence-electron chi connectivity index (χ4n) is 2.74. The first-order valence-corrected chi connectivity index (χ1v) is 8.53. The van der Waals surface area contributed by atoms with Crippen LogP contribution in [0.3, 0.4) is 0 Å². The van der Waals surface area contributed by atoms with Gasteiger partial charge in [-0.1, -0.05) is 12.1 Å². The summed E-state index contributed by atoms with van der Waals surface area (Å²) in [5.41, 5.74) is 23.6. The van der Waals surface area contributed by atoms with Gasteiger partial charge in [0.1, 0.15) is 12.6 Å². The van der Waals surface area contributed by atoms with E-state index in [1.807, 2.05) is 6.07 Å². The zero-order valence-corrected chi connectivity index (χ0v) is 14.9. The van der Waals surface area contributed by atoms with Crippen LogP contribution in [0.5, 0.6) is 23.0 Å². The van der Waals surface area contributed by atoms with Crippen LogP contribution >= 0.6 is 0 Å². The van der Waals surface area contributed by atoms with Gasteiger partial charge in [0, 0.05) is 5.56 Å². The third kappa shape index (κ3) is 4.63. The summed E-state index contributed by atoms with van der Waals surface area (Å²) < 4.78 is 12.1. The van der Waals surface area contributed by atoms with E-state index in [1.165, 1.54) is 12.1 Å². The van der Waals surface area contributed by atoms with Gasteiger partial charge in [-0.3, -0.25) is 16.8 Å². The quantitative estimate of drug-likeness (QED) is 0.236. The predicted octanol–water partition coefficient (Wildman–Crippen LogP) is -0.512. The lowest BCUT2D eigenvalue weighted by molar-refractivity contribution is -0.00678. The van der Waals surface area contributed by atoms with Crippen molar-refractivity contribution in [1.82, 2.24) is 10.6 Å². The maximum absolute atomic E-state index is 9.80. The van der Waals surface area contributed by atoms with Crippen LogP contribution in [0.2, 0.25) is 0 Å². The summed E-state index contributed by atoms with van der Waals surface area (Å²) in [6.07, 6.45) is 0.497. The van der Waals surface area contributed by atoms with Gasteiger partial charge < -0.3 is 36.5 Å². The van der Waals surface area contributed by atoms with Crippen LogP contribution in [0.1, 0.15) is 17.2 Å². The fraction of sp³-hybridized carbons (Fsp3) is 0.222. The molecule has 0 fully saturated rings. The lowest BCUT2D eigenvalue weighted by atomic mass is 10.1. The van der Waals surface area contributed by atoms with Gasteiger partial charge in [-0.05, 0) is 42.1 Å². The first-order chi connectivity index (χ1) is 13.3. The highest BCUT2D eigenvalue weighted by Gasteiger charge is 2.34. The van der Waals surface area contributed by atoms with Crippen molar-refractivity contribution in [2.45, 2.75) is 24.9 Å². The number of ether oxygens (including phenoxy) is 2. The van der Waals surface area contributed by atoms with Crippen molar-refractivity contribution >= 4 is 6.08 Å². The largest absolute Gasteiger partial charge is 0.504 e. The Kier molecular flexibility index (Phi) is 5.87. The SMILES string of the molecule is NC(N)N/C=C/c1ccc2c(c1)O[C@@H](NC(N)N)[C@H](c1ccc(O)c(O)c1)O2. The van der Waals surface area contributed by atoms with E-state index in [1.54, 1.807) is 30.5 Å². The van der Waals surface area contributed by atoms with Crippen molar-refractivity contribution in [2.24, 2.45) is 22.9 Å². The Morgan fingerprint density at radius 3 is 2.36 bits per heavy atom. The molecule has 2 aromatic rings. The Hall–Kier alpha value is -3.02. The summed E-state index contributed by atoms with van der Waals surface area (Å²) in [7, 11) is 0. The second kappa shape index (κ2) is 8.33. The molecule has 0 unspecified atom stereocenters. The molecule has 0 saturated carbocycles. The first kappa shape index (κ1) is 19.7. The minimum Gasteiger partial charge on any atom is -0.504 e. The number of fused-ring (bicyclic) bond motifs is 1. The Balaban J connectivity index is 1.88. The molecular formula is C18H24N6O4. The van der Waals surface area contributed by atoms with Crippen LogP contribution in [-0.2, 0) is 0 Å². The van der Waals surface area contributed by atoms with E-state index in [9.17, 15) is 10.2 Å². The van der Waals surface area contributed by atoms with Crippen LogP contribution in [0.15, 0.2) is 42.6 Å². The monoisotopic (exact) mass is 388 g/mol. The van der Waals surface area contributed by atoms with Crippen molar-refractivity contribution in [3.8, 4) is 23.0 Å². The van der Waals surface area contributed by atoms with Crippen molar-refractivity contribution < 1.29 is 19.7 Å². The van der Waals surface area contributed by atoms with Crippen LogP contribution in [0.4, 0.5) is 0 Å². The molecular weight excluding hydrogens is 364 g/mol. The van der Waals surface area contributed by atoms with Gasteiger partial charge in [0.2, 0.25) is 0 Å². The highest BCUT2D eigenvalue weighted by molar-refractivity contribution is 5.56. The minimum absolute atomic E-state index is 0.233. The summed E-state index contributed by atoms with van der Waals surface area (Å²) in [6.45, 7) is 0. The molecule has 0 radical (unpaired) electrons. The summed E-state index contributed by atoms with van der Waals surface area (Å²) in [5.74, 6) is 0.482. The van der Waals surface area contributed by atoms with Gasteiger partial charge in [0.15, 0.2) is 35.3 Å². The Morgan fingerprint density at radius 1 is 0.893 bits per heavy atom. The summed E-state index contributed by atoms with van der Waals surface area (Å²) in [4.78, 5) is 0. The number of nitrogens with one attached hydrogen (secondary N) is 2. The molecule has 0 amide bonds. The smallest absolute Gasteiger partial charge is 0.194 e. The number of phenolic OH excluding ortho intramolecular Hbond substituents is 2. The zero-order chi connectivity index (χ0) is 20.3. The predicted molar refractivity (Wildman–Crippen MR) is 104 cm³/mol. The molecule has 0 saturated heterocycles. The highest BCUT2D eigenvalue weighted by atomic mass is 16.6. The maximum Gasteiger partial charge on any atom is 0.194 e. The molecule has 28 heavy (non-hydrogen) atoms. The number of phenols is 2. The third-order valence-corrected chi connectivity index (χ3v) is 4.00. The molecule has 10 nitrogen and oxygen atoms in total. The van der Waals surface area contributed by atoms with Crippen LogP contribution in [0.25, 0.3) is 6.08 Å². The standard InChI is InChI=1S/C18H24N6O4/c19-17(20)23-6-5-9-1-4-13-14(7-9)28-16(24-18(21)22)15(27-13)10-2-3-11(25)12(26)8-10/h1-8,15-18,23-26H,19-22H2/b6-5+/t15-,16+/m0/s1. The molecule has 150 valence electrons. The van der Waals surface area contributed by atoms with Gasteiger partial charge >= 0.3 is 0 Å². The Morgan fingerprint density at radius 2 is 1.68 bits per heavy atom. The van der Waals surface area contributed by atoms with Crippen molar-refractivity contribution in [3.63, 3.8) is 0 Å². The third-order valence-electron chi connectivity index (χ3n) is 4.00. The first-order valence-electron chi connectivity index (χ1n) is 8.53. The van der Waals surface area contributed by atoms with E-state index >= 15 is 0 Å². The normalized spacial score (nSPS) is 18.8. The number of hydrogen-bond donors (Lipinski definition) is 8. The van der Waals surface area contributed by atoms with E-state index in [0.717, 1.165) is 5.56 Å². The molecule has 3 rings (SSSR count). The molecule has 12 N–H and O–H groups in total. The molecule has 10 heteroatoms. The number of aromatic hydroxyl groups is 2. The number of nitrogens with two attached hydrogens (primary N) is 4. The number of hydrogen-bond acceptors (Lipinski definition) is 10. The lowest BCUT2D eigenvalue weighted by Crippen LogP contribution is -2.55. The van der Waals surface area contributed by atoms with E-state index in [-0.39, 0.29) is 11.5 Å². The van der Waals surface area contributed by atoms with Gasteiger partial charge in [-0.2, -0.15) is 0 Å². The molecule has 0 aromatic heterocycles. The van der Waals surface area contributed by atoms with Gasteiger partial charge in [0.25, 0.3) is 0 Å². The molecule has 0 aliphatic carbocycles. The summed E-state index contributed by atoms with van der Waals surface area (Å²) in [6, 6.07) is 9.73. The van der Waals surface area contributed by atoms with Crippen molar-refractivity contribution in [1.29, 1.82) is 0 Å². The van der Waals surface area contributed by atoms with Crippen molar-refractivity contribution in [2.75, 3.05) is 0 Å². The van der Waals surface area contributed by atoms with E-state index in [0.29, 0.717) is 17.1 Å². The highest BCUT2D eigenvalue weighted by Crippen LogP contribution is 2.41. The van der Waals surface area contributed by atoms with Crippen molar-refractivity contribution in [3.05, 3.63) is 53.7 Å². The Bertz CT molecular complexity index is 858. The van der Waals surface area contributed by atoms with Gasteiger partial charge in [-0.15, -0.1) is 0 Å². The fourth-order valence-corrected chi connectivity index (χ4v) is 2.74. The zero-order valence-electron chi connectivity index (χ0n) is 14.9. The van der Waals surface area contributed by atoms with Gasteiger partial charge in [0.05, 0.1) is 0 Å². The average Bonchev–Trinajstić information content (AvgIpc) is 2.62. The molecule has 1 aliphatic heterocycles. The van der Waals surface area contributed by atoms with E-state index < -0.39 is 24.9 Å². The van der Waals surface area contributed by atoms with E-state index in [4.69, 9.17) is 32.4 Å². The van der Waals surface area contributed by atoms with Crippen LogP contribution < -0.4 is 43.0 Å². The van der Waals surface area contributed by atoms with Gasteiger partial charge in [-0.25, -0.2) is 0 Å².